The Labute approximate surface area is 120 Å². The minimum atomic E-state index is 0.424. The third kappa shape index (κ3) is 2.48. The first-order valence-electron chi connectivity index (χ1n) is 5.65. The third-order valence-corrected chi connectivity index (χ3v) is 3.29. The summed E-state index contributed by atoms with van der Waals surface area (Å²) in [5, 5.41) is 5.44. The van der Waals surface area contributed by atoms with Gasteiger partial charge in [0.15, 0.2) is 5.15 Å². The molecule has 0 N–H and O–H groups in total. The molecule has 0 radical (unpaired) electrons. The molecule has 3 rings (SSSR count). The predicted octanol–water partition coefficient (Wildman–Crippen LogP) is 4.24. The average Bonchev–Trinajstić information content (AvgIpc) is 2.89. The fourth-order valence-corrected chi connectivity index (χ4v) is 2.13. The lowest BCUT2D eigenvalue weighted by molar-refractivity contribution is 0.874. The Kier molecular flexibility index (Phi) is 3.23. The SMILES string of the molecule is Clc1ccc(-c2cnn(-c3cccnc3Cl)c2)cc1. The molecule has 5 heteroatoms. The largest absolute Gasteiger partial charge is 0.242 e. The van der Waals surface area contributed by atoms with Crippen molar-refractivity contribution in [2.45, 2.75) is 0 Å². The second-order valence-electron chi connectivity index (χ2n) is 3.99. The molecule has 0 amide bonds. The van der Waals surface area contributed by atoms with Crippen LogP contribution in [0.5, 0.6) is 0 Å². The van der Waals surface area contributed by atoms with Crippen LogP contribution in [0.1, 0.15) is 0 Å². The van der Waals surface area contributed by atoms with Crippen molar-refractivity contribution in [3.05, 3.63) is 65.2 Å². The number of hydrogen-bond acceptors (Lipinski definition) is 2. The third-order valence-electron chi connectivity index (χ3n) is 2.75. The molecule has 0 unspecified atom stereocenters. The van der Waals surface area contributed by atoms with Crippen LogP contribution in [0.2, 0.25) is 10.2 Å². The first-order chi connectivity index (χ1) is 9.24. The molecular formula is C14H9Cl2N3. The number of nitrogens with zero attached hydrogens (tertiary/aromatic N) is 3. The fourth-order valence-electron chi connectivity index (χ4n) is 1.79. The van der Waals surface area contributed by atoms with E-state index in [0.29, 0.717) is 10.2 Å². The Morgan fingerprint density at radius 1 is 0.947 bits per heavy atom. The Bertz CT molecular complexity index is 705. The van der Waals surface area contributed by atoms with Crippen molar-refractivity contribution in [1.82, 2.24) is 14.8 Å². The van der Waals surface area contributed by atoms with Gasteiger partial charge >= 0.3 is 0 Å². The van der Waals surface area contributed by atoms with Crippen molar-refractivity contribution < 1.29 is 0 Å². The number of halogens is 2. The van der Waals surface area contributed by atoms with Gasteiger partial charge in [0, 0.05) is 23.0 Å². The lowest BCUT2D eigenvalue weighted by Gasteiger charge is -2.02. The van der Waals surface area contributed by atoms with Crippen LogP contribution in [-0.2, 0) is 0 Å². The van der Waals surface area contributed by atoms with Crippen LogP contribution in [0.3, 0.4) is 0 Å². The van der Waals surface area contributed by atoms with Crippen molar-refractivity contribution in [2.24, 2.45) is 0 Å². The normalized spacial score (nSPS) is 10.6. The Balaban J connectivity index is 2.00. The molecule has 0 saturated heterocycles. The van der Waals surface area contributed by atoms with Gasteiger partial charge < -0.3 is 0 Å². The molecule has 0 fully saturated rings. The Morgan fingerprint density at radius 3 is 2.47 bits per heavy atom. The molecule has 0 spiro atoms. The van der Waals surface area contributed by atoms with Crippen molar-refractivity contribution >= 4 is 23.2 Å². The summed E-state index contributed by atoms with van der Waals surface area (Å²) in [6, 6.07) is 11.3. The minimum absolute atomic E-state index is 0.424. The van der Waals surface area contributed by atoms with E-state index in [0.717, 1.165) is 16.8 Å². The highest BCUT2D eigenvalue weighted by Crippen LogP contribution is 2.23. The molecule has 3 aromatic rings. The van der Waals surface area contributed by atoms with Gasteiger partial charge in [-0.1, -0.05) is 35.3 Å². The highest BCUT2D eigenvalue weighted by molar-refractivity contribution is 6.31. The van der Waals surface area contributed by atoms with Crippen LogP contribution in [0.25, 0.3) is 16.8 Å². The van der Waals surface area contributed by atoms with Crippen molar-refractivity contribution in [2.75, 3.05) is 0 Å². The van der Waals surface area contributed by atoms with E-state index in [2.05, 4.69) is 10.1 Å². The minimum Gasteiger partial charge on any atom is -0.242 e. The van der Waals surface area contributed by atoms with E-state index in [-0.39, 0.29) is 0 Å². The molecule has 2 heterocycles. The van der Waals surface area contributed by atoms with Crippen LogP contribution >= 0.6 is 23.2 Å². The van der Waals surface area contributed by atoms with Gasteiger partial charge in [0.05, 0.1) is 6.20 Å². The summed E-state index contributed by atoms with van der Waals surface area (Å²) in [6.07, 6.45) is 5.34. The maximum Gasteiger partial charge on any atom is 0.154 e. The van der Waals surface area contributed by atoms with Crippen molar-refractivity contribution in [1.29, 1.82) is 0 Å². The zero-order chi connectivity index (χ0) is 13.2. The molecule has 19 heavy (non-hydrogen) atoms. The van der Waals surface area contributed by atoms with E-state index in [1.54, 1.807) is 17.1 Å². The number of hydrogen-bond donors (Lipinski definition) is 0. The van der Waals surface area contributed by atoms with Crippen LogP contribution in [0.4, 0.5) is 0 Å². The van der Waals surface area contributed by atoms with E-state index in [9.17, 15) is 0 Å². The van der Waals surface area contributed by atoms with E-state index < -0.39 is 0 Å². The second kappa shape index (κ2) is 5.03. The lowest BCUT2D eigenvalue weighted by atomic mass is 10.1. The zero-order valence-electron chi connectivity index (χ0n) is 9.79. The van der Waals surface area contributed by atoms with Crippen molar-refractivity contribution in [3.63, 3.8) is 0 Å². The topological polar surface area (TPSA) is 30.7 Å². The summed E-state index contributed by atoms with van der Waals surface area (Å²) < 4.78 is 1.71. The maximum absolute atomic E-state index is 6.05. The summed E-state index contributed by atoms with van der Waals surface area (Å²) in [5.41, 5.74) is 2.80. The molecule has 0 atom stereocenters. The van der Waals surface area contributed by atoms with Gasteiger partial charge in [-0.2, -0.15) is 5.10 Å². The van der Waals surface area contributed by atoms with Gasteiger partial charge in [0.2, 0.25) is 0 Å². The highest BCUT2D eigenvalue weighted by Gasteiger charge is 2.06. The summed E-state index contributed by atoms with van der Waals surface area (Å²) in [7, 11) is 0. The number of pyridine rings is 1. The molecule has 2 aromatic heterocycles. The van der Waals surface area contributed by atoms with E-state index in [4.69, 9.17) is 23.2 Å². The lowest BCUT2D eigenvalue weighted by Crippen LogP contribution is -1.95. The van der Waals surface area contributed by atoms with Gasteiger partial charge in [-0.05, 0) is 29.8 Å². The maximum atomic E-state index is 6.05. The van der Waals surface area contributed by atoms with E-state index in [1.807, 2.05) is 42.6 Å². The summed E-state index contributed by atoms with van der Waals surface area (Å²) in [4.78, 5) is 4.04. The quantitative estimate of drug-likeness (QED) is 0.661. The zero-order valence-corrected chi connectivity index (χ0v) is 11.3. The molecule has 3 nitrogen and oxygen atoms in total. The first kappa shape index (κ1) is 12.2. The van der Waals surface area contributed by atoms with Gasteiger partial charge in [0.1, 0.15) is 5.69 Å². The number of aromatic nitrogens is 3. The standard InChI is InChI=1S/C14H9Cl2N3/c15-12-5-3-10(4-6-12)11-8-18-19(9-11)13-2-1-7-17-14(13)16/h1-9H. The van der Waals surface area contributed by atoms with Gasteiger partial charge in [-0.3, -0.25) is 0 Å². The summed E-state index contributed by atoms with van der Waals surface area (Å²) in [6.45, 7) is 0. The molecule has 0 saturated carbocycles. The molecule has 0 aliphatic carbocycles. The van der Waals surface area contributed by atoms with Crippen LogP contribution in [0.15, 0.2) is 55.0 Å². The van der Waals surface area contributed by atoms with E-state index >= 15 is 0 Å². The first-order valence-corrected chi connectivity index (χ1v) is 6.41. The molecule has 94 valence electrons. The van der Waals surface area contributed by atoms with E-state index in [1.165, 1.54) is 0 Å². The van der Waals surface area contributed by atoms with Crippen LogP contribution < -0.4 is 0 Å². The fraction of sp³-hybridized carbons (Fsp3) is 0. The predicted molar refractivity (Wildman–Crippen MR) is 76.8 cm³/mol. The highest BCUT2D eigenvalue weighted by atomic mass is 35.5. The Morgan fingerprint density at radius 2 is 1.74 bits per heavy atom. The summed E-state index contributed by atoms with van der Waals surface area (Å²) >= 11 is 11.9. The molecule has 1 aromatic carbocycles. The second-order valence-corrected chi connectivity index (χ2v) is 4.79. The number of rotatable bonds is 2. The smallest absolute Gasteiger partial charge is 0.154 e. The van der Waals surface area contributed by atoms with Gasteiger partial charge in [-0.25, -0.2) is 9.67 Å². The molecule has 0 aliphatic rings. The summed E-state index contributed by atoms with van der Waals surface area (Å²) in [5.74, 6) is 0. The van der Waals surface area contributed by atoms with Crippen LogP contribution in [-0.4, -0.2) is 14.8 Å². The molecule has 0 bridgehead atoms. The van der Waals surface area contributed by atoms with Crippen molar-refractivity contribution in [3.8, 4) is 16.8 Å². The molecular weight excluding hydrogens is 281 g/mol. The number of benzene rings is 1. The average molecular weight is 290 g/mol. The van der Waals surface area contributed by atoms with Gasteiger partial charge in [0.25, 0.3) is 0 Å². The van der Waals surface area contributed by atoms with Gasteiger partial charge in [-0.15, -0.1) is 0 Å². The van der Waals surface area contributed by atoms with Crippen LogP contribution in [0, 0.1) is 0 Å². The monoisotopic (exact) mass is 289 g/mol. The molecule has 0 aliphatic heterocycles. The Hall–Kier alpha value is -1.84.